The van der Waals surface area contributed by atoms with Gasteiger partial charge in [0.1, 0.15) is 9.84 Å². The van der Waals surface area contributed by atoms with Crippen molar-refractivity contribution in [2.75, 3.05) is 25.1 Å². The fourth-order valence-electron chi connectivity index (χ4n) is 2.81. The Morgan fingerprint density at radius 1 is 1.35 bits per heavy atom. The third-order valence-corrected chi connectivity index (χ3v) is 4.85. The Morgan fingerprint density at radius 2 is 2.05 bits per heavy atom. The number of likely N-dealkylation sites (tertiary alicyclic amines) is 1. The third-order valence-electron chi connectivity index (χ3n) is 3.93. The number of hydrogen-bond acceptors (Lipinski definition) is 4. The van der Waals surface area contributed by atoms with E-state index >= 15 is 0 Å². The second-order valence-electron chi connectivity index (χ2n) is 5.62. The Bertz CT molecular complexity index is 515. The molecule has 5 heteroatoms. The summed E-state index contributed by atoms with van der Waals surface area (Å²) in [7, 11) is -2.92. The number of benzene rings is 1. The predicted molar refractivity (Wildman–Crippen MR) is 80.3 cm³/mol. The molecule has 0 radical (unpaired) electrons. The molecule has 1 N–H and O–H groups in total. The highest BCUT2D eigenvalue weighted by atomic mass is 32.2. The largest absolute Gasteiger partial charge is 0.388 e. The van der Waals surface area contributed by atoms with Crippen molar-refractivity contribution in [3.63, 3.8) is 0 Å². The maximum absolute atomic E-state index is 11.3. The molecule has 0 aromatic heterocycles. The van der Waals surface area contributed by atoms with Crippen LogP contribution in [0.2, 0.25) is 0 Å². The van der Waals surface area contributed by atoms with Crippen molar-refractivity contribution < 1.29 is 13.5 Å². The molecule has 1 aliphatic heterocycles. The number of aliphatic hydroxyl groups is 1. The van der Waals surface area contributed by atoms with E-state index in [-0.39, 0.29) is 11.8 Å². The van der Waals surface area contributed by atoms with Gasteiger partial charge in [-0.1, -0.05) is 30.3 Å². The highest BCUT2D eigenvalue weighted by Crippen LogP contribution is 2.27. The Kier molecular flexibility index (Phi) is 5.18. The Labute approximate surface area is 121 Å². The van der Waals surface area contributed by atoms with Crippen LogP contribution in [0.15, 0.2) is 30.3 Å². The number of aliphatic hydroxyl groups excluding tert-OH is 1. The average molecular weight is 297 g/mol. The zero-order valence-corrected chi connectivity index (χ0v) is 12.7. The van der Waals surface area contributed by atoms with E-state index in [0.717, 1.165) is 24.9 Å². The van der Waals surface area contributed by atoms with E-state index in [4.69, 9.17) is 0 Å². The van der Waals surface area contributed by atoms with Gasteiger partial charge in [0.2, 0.25) is 0 Å². The van der Waals surface area contributed by atoms with Crippen LogP contribution < -0.4 is 0 Å². The van der Waals surface area contributed by atoms with Gasteiger partial charge in [-0.3, -0.25) is 4.90 Å². The maximum atomic E-state index is 11.3. The van der Waals surface area contributed by atoms with Crippen LogP contribution in [0.25, 0.3) is 0 Å². The third kappa shape index (κ3) is 4.58. The smallest absolute Gasteiger partial charge is 0.148 e. The Balaban J connectivity index is 1.91. The van der Waals surface area contributed by atoms with Crippen LogP contribution in [-0.2, 0) is 9.84 Å². The van der Waals surface area contributed by atoms with Crippen LogP contribution in [0.5, 0.6) is 0 Å². The monoisotopic (exact) mass is 297 g/mol. The van der Waals surface area contributed by atoms with E-state index in [0.29, 0.717) is 13.0 Å². The van der Waals surface area contributed by atoms with Gasteiger partial charge in [0, 0.05) is 18.8 Å². The van der Waals surface area contributed by atoms with E-state index in [9.17, 15) is 13.5 Å². The van der Waals surface area contributed by atoms with Gasteiger partial charge in [-0.05, 0) is 31.4 Å². The molecule has 1 saturated heterocycles. The molecule has 1 aromatic rings. The van der Waals surface area contributed by atoms with E-state index in [2.05, 4.69) is 4.90 Å². The second kappa shape index (κ2) is 6.70. The van der Waals surface area contributed by atoms with E-state index < -0.39 is 15.9 Å². The molecule has 0 amide bonds. The lowest BCUT2D eigenvalue weighted by atomic mass is 10.0. The molecule has 2 rings (SSSR count). The number of nitrogens with zero attached hydrogens (tertiary/aromatic N) is 1. The summed E-state index contributed by atoms with van der Waals surface area (Å²) < 4.78 is 22.5. The lowest BCUT2D eigenvalue weighted by Gasteiger charge is -2.26. The first-order chi connectivity index (χ1) is 9.46. The molecule has 1 heterocycles. The molecule has 4 nitrogen and oxygen atoms in total. The average Bonchev–Trinajstić information content (AvgIpc) is 2.84. The van der Waals surface area contributed by atoms with Crippen LogP contribution in [0.4, 0.5) is 0 Å². The summed E-state index contributed by atoms with van der Waals surface area (Å²) in [6.45, 7) is 1.51. The standard InChI is InChI=1S/C15H23NO3S/c1-20(18,19)11-10-16-9-5-8-14(16)12-15(17)13-6-3-2-4-7-13/h2-4,6-7,14-15,17H,5,8-12H2,1H3. The van der Waals surface area contributed by atoms with E-state index in [1.165, 1.54) is 6.26 Å². The first-order valence-corrected chi connectivity index (χ1v) is 9.16. The zero-order valence-electron chi connectivity index (χ0n) is 11.9. The van der Waals surface area contributed by atoms with Gasteiger partial charge in [-0.2, -0.15) is 0 Å². The molecular weight excluding hydrogens is 274 g/mol. The molecule has 0 spiro atoms. The molecule has 1 fully saturated rings. The van der Waals surface area contributed by atoms with E-state index in [1.54, 1.807) is 0 Å². The van der Waals surface area contributed by atoms with Gasteiger partial charge in [0.05, 0.1) is 11.9 Å². The van der Waals surface area contributed by atoms with Gasteiger partial charge in [-0.25, -0.2) is 8.42 Å². The predicted octanol–water partition coefficient (Wildman–Crippen LogP) is 1.62. The maximum Gasteiger partial charge on any atom is 0.148 e. The van der Waals surface area contributed by atoms with E-state index in [1.807, 2.05) is 30.3 Å². The molecule has 1 aliphatic rings. The lowest BCUT2D eigenvalue weighted by Crippen LogP contribution is -2.34. The van der Waals surface area contributed by atoms with Crippen molar-refractivity contribution in [1.29, 1.82) is 0 Å². The van der Waals surface area contributed by atoms with Crippen molar-refractivity contribution in [2.45, 2.75) is 31.4 Å². The van der Waals surface area contributed by atoms with Crippen molar-refractivity contribution >= 4 is 9.84 Å². The SMILES string of the molecule is CS(=O)(=O)CCN1CCCC1CC(O)c1ccccc1. The highest BCUT2D eigenvalue weighted by Gasteiger charge is 2.27. The number of hydrogen-bond donors (Lipinski definition) is 1. The first-order valence-electron chi connectivity index (χ1n) is 7.10. The highest BCUT2D eigenvalue weighted by molar-refractivity contribution is 7.90. The fourth-order valence-corrected chi connectivity index (χ4v) is 3.37. The van der Waals surface area contributed by atoms with Gasteiger partial charge in [0.15, 0.2) is 0 Å². The molecular formula is C15H23NO3S. The summed E-state index contributed by atoms with van der Waals surface area (Å²) in [6.07, 6.45) is 3.59. The second-order valence-corrected chi connectivity index (χ2v) is 7.88. The van der Waals surface area contributed by atoms with Crippen molar-refractivity contribution in [3.8, 4) is 0 Å². The topological polar surface area (TPSA) is 57.6 Å². The minimum atomic E-state index is -2.92. The zero-order chi connectivity index (χ0) is 14.6. The van der Waals surface area contributed by atoms with Gasteiger partial charge in [-0.15, -0.1) is 0 Å². The fraction of sp³-hybridized carbons (Fsp3) is 0.600. The molecule has 0 bridgehead atoms. The minimum Gasteiger partial charge on any atom is -0.388 e. The summed E-state index contributed by atoms with van der Waals surface area (Å²) >= 11 is 0. The van der Waals surface area contributed by atoms with Gasteiger partial charge < -0.3 is 5.11 Å². The summed E-state index contributed by atoms with van der Waals surface area (Å²) in [6, 6.07) is 9.93. The summed E-state index contributed by atoms with van der Waals surface area (Å²) in [4.78, 5) is 2.20. The number of sulfone groups is 1. The summed E-state index contributed by atoms with van der Waals surface area (Å²) in [5.41, 5.74) is 0.933. The number of rotatable bonds is 6. The Hall–Kier alpha value is -0.910. The first kappa shape index (κ1) is 15.5. The Morgan fingerprint density at radius 3 is 2.70 bits per heavy atom. The minimum absolute atomic E-state index is 0.199. The molecule has 0 aliphatic carbocycles. The summed E-state index contributed by atoms with van der Waals surface area (Å²) in [5, 5.41) is 10.3. The van der Waals surface area contributed by atoms with Crippen LogP contribution in [0.1, 0.15) is 30.9 Å². The molecule has 112 valence electrons. The molecule has 2 unspecified atom stereocenters. The lowest BCUT2D eigenvalue weighted by molar-refractivity contribution is 0.123. The van der Waals surface area contributed by atoms with Gasteiger partial charge in [0.25, 0.3) is 0 Å². The quantitative estimate of drug-likeness (QED) is 0.867. The van der Waals surface area contributed by atoms with Crippen molar-refractivity contribution in [2.24, 2.45) is 0 Å². The summed E-state index contributed by atoms with van der Waals surface area (Å²) in [5.74, 6) is 0.199. The van der Waals surface area contributed by atoms with Crippen LogP contribution >= 0.6 is 0 Å². The van der Waals surface area contributed by atoms with Crippen molar-refractivity contribution in [1.82, 2.24) is 4.90 Å². The van der Waals surface area contributed by atoms with Crippen LogP contribution in [0, 0.1) is 0 Å². The molecule has 2 atom stereocenters. The molecule has 1 aromatic carbocycles. The van der Waals surface area contributed by atoms with Gasteiger partial charge >= 0.3 is 0 Å². The molecule has 0 saturated carbocycles. The normalized spacial score (nSPS) is 22.0. The van der Waals surface area contributed by atoms with Crippen molar-refractivity contribution in [3.05, 3.63) is 35.9 Å². The van der Waals surface area contributed by atoms with Crippen LogP contribution in [-0.4, -0.2) is 49.6 Å². The van der Waals surface area contributed by atoms with Crippen LogP contribution in [0.3, 0.4) is 0 Å². The molecule has 20 heavy (non-hydrogen) atoms.